The maximum Gasteiger partial charge on any atom is 0.0682 e. The molecule has 1 heterocycles. The van der Waals surface area contributed by atoms with Gasteiger partial charge in [-0.2, -0.15) is 0 Å². The number of hydrogen-bond donors (Lipinski definition) is 1. The molecule has 0 fully saturated rings. The molecule has 0 radical (unpaired) electrons. The molecule has 0 spiro atoms. The first kappa shape index (κ1) is 13.4. The second-order valence-corrected chi connectivity index (χ2v) is 5.95. The van der Waals surface area contributed by atoms with E-state index in [4.69, 9.17) is 0 Å². The number of nitrogens with zero attached hydrogens (tertiary/aromatic N) is 1. The average Bonchev–Trinajstić information content (AvgIpc) is 2.55. The Hall–Kier alpha value is -1.02. The normalized spacial score (nSPS) is 21.2. The van der Waals surface area contributed by atoms with Crippen molar-refractivity contribution in [3.63, 3.8) is 0 Å². The Bertz CT molecular complexity index is 425. The van der Waals surface area contributed by atoms with Gasteiger partial charge < -0.3 is 10.0 Å². The molecule has 2 nitrogen and oxygen atoms in total. The third kappa shape index (κ3) is 2.03. The molecule has 1 aliphatic rings. The number of rotatable bonds is 4. The topological polar surface area (TPSA) is 23.5 Å². The Balaban J connectivity index is 2.41. The van der Waals surface area contributed by atoms with Crippen LogP contribution >= 0.6 is 0 Å². The van der Waals surface area contributed by atoms with Crippen molar-refractivity contribution in [2.24, 2.45) is 0 Å². The average molecular weight is 247 g/mol. The Labute approximate surface area is 111 Å². The fourth-order valence-electron chi connectivity index (χ4n) is 2.92. The summed E-state index contributed by atoms with van der Waals surface area (Å²) in [5, 5.41) is 9.31. The van der Waals surface area contributed by atoms with Crippen LogP contribution in [-0.2, 0) is 12.0 Å². The third-order valence-electron chi connectivity index (χ3n) is 4.51. The highest BCUT2D eigenvalue weighted by atomic mass is 16.3. The molecule has 1 aliphatic heterocycles. The summed E-state index contributed by atoms with van der Waals surface area (Å²) in [6.45, 7) is 10.4. The van der Waals surface area contributed by atoms with Crippen LogP contribution < -0.4 is 4.90 Å². The maximum absolute atomic E-state index is 9.31. The van der Waals surface area contributed by atoms with Gasteiger partial charge in [0.2, 0.25) is 0 Å². The van der Waals surface area contributed by atoms with E-state index in [2.05, 4.69) is 50.8 Å². The molecule has 0 saturated heterocycles. The van der Waals surface area contributed by atoms with Crippen molar-refractivity contribution in [1.82, 2.24) is 0 Å². The van der Waals surface area contributed by atoms with Crippen molar-refractivity contribution in [2.45, 2.75) is 58.6 Å². The van der Waals surface area contributed by atoms with Crippen LogP contribution in [0.25, 0.3) is 0 Å². The van der Waals surface area contributed by atoms with E-state index < -0.39 is 0 Å². The highest BCUT2D eigenvalue weighted by Gasteiger charge is 2.41. The Kier molecular flexibility index (Phi) is 3.67. The third-order valence-corrected chi connectivity index (χ3v) is 4.51. The summed E-state index contributed by atoms with van der Waals surface area (Å²) in [6, 6.07) is 6.93. The van der Waals surface area contributed by atoms with Crippen molar-refractivity contribution in [2.75, 3.05) is 11.4 Å². The molecule has 18 heavy (non-hydrogen) atoms. The number of hydrogen-bond acceptors (Lipinski definition) is 2. The summed E-state index contributed by atoms with van der Waals surface area (Å²) in [6.07, 6.45) is 2.45. The minimum Gasteiger partial charge on any atom is -0.392 e. The minimum atomic E-state index is 0.129. The predicted octanol–water partition coefficient (Wildman–Crippen LogP) is 3.47. The van der Waals surface area contributed by atoms with Crippen LogP contribution in [0.5, 0.6) is 0 Å². The van der Waals surface area contributed by atoms with Gasteiger partial charge in [-0.3, -0.25) is 0 Å². The molecule has 0 amide bonds. The van der Waals surface area contributed by atoms with Gasteiger partial charge in [0.15, 0.2) is 0 Å². The van der Waals surface area contributed by atoms with Crippen molar-refractivity contribution >= 4 is 5.69 Å². The first-order chi connectivity index (χ1) is 8.52. The summed E-state index contributed by atoms with van der Waals surface area (Å²) in [5.74, 6) is 0. The first-order valence-electron chi connectivity index (χ1n) is 7.03. The molecule has 2 rings (SSSR count). The van der Waals surface area contributed by atoms with Crippen molar-refractivity contribution in [1.29, 1.82) is 0 Å². The number of aliphatic hydroxyl groups is 1. The van der Waals surface area contributed by atoms with Gasteiger partial charge in [0.1, 0.15) is 0 Å². The molecule has 1 atom stereocenters. The summed E-state index contributed by atoms with van der Waals surface area (Å²) < 4.78 is 0. The molecule has 100 valence electrons. The standard InChI is InChI=1S/C16H25NO/c1-5-6-9-17-12(2)16(3,4)14-8-7-13(11-18)10-15(14)17/h7-8,10,12,18H,5-6,9,11H2,1-4H3/t12-/m1/s1. The lowest BCUT2D eigenvalue weighted by Crippen LogP contribution is -2.39. The number of fused-ring (bicyclic) bond motifs is 1. The van der Waals surface area contributed by atoms with E-state index >= 15 is 0 Å². The lowest BCUT2D eigenvalue weighted by Gasteiger charge is -2.31. The van der Waals surface area contributed by atoms with Gasteiger partial charge >= 0.3 is 0 Å². The van der Waals surface area contributed by atoms with E-state index in [0.717, 1.165) is 12.1 Å². The number of aliphatic hydroxyl groups excluding tert-OH is 1. The largest absolute Gasteiger partial charge is 0.392 e. The molecule has 1 aromatic rings. The monoisotopic (exact) mass is 247 g/mol. The van der Waals surface area contributed by atoms with Crippen molar-refractivity contribution in [3.8, 4) is 0 Å². The lowest BCUT2D eigenvalue weighted by molar-refractivity contribution is 0.282. The second kappa shape index (κ2) is 4.93. The van der Waals surface area contributed by atoms with Crippen LogP contribution in [0.15, 0.2) is 18.2 Å². The van der Waals surface area contributed by atoms with Crippen molar-refractivity contribution < 1.29 is 5.11 Å². The lowest BCUT2D eigenvalue weighted by atomic mass is 9.81. The Morgan fingerprint density at radius 2 is 2.06 bits per heavy atom. The minimum absolute atomic E-state index is 0.129. The zero-order chi connectivity index (χ0) is 13.3. The second-order valence-electron chi connectivity index (χ2n) is 5.95. The zero-order valence-electron chi connectivity index (χ0n) is 12.0. The fraction of sp³-hybridized carbons (Fsp3) is 0.625. The van der Waals surface area contributed by atoms with Crippen LogP contribution in [-0.4, -0.2) is 17.7 Å². The molecule has 0 aromatic heterocycles. The van der Waals surface area contributed by atoms with E-state index in [9.17, 15) is 5.11 Å². The molecule has 0 bridgehead atoms. The fourth-order valence-corrected chi connectivity index (χ4v) is 2.92. The summed E-state index contributed by atoms with van der Waals surface area (Å²) >= 11 is 0. The van der Waals surface area contributed by atoms with Gasteiger partial charge in [-0.15, -0.1) is 0 Å². The molecule has 2 heteroatoms. The van der Waals surface area contributed by atoms with Gasteiger partial charge in [-0.05, 0) is 30.5 Å². The first-order valence-corrected chi connectivity index (χ1v) is 7.03. The van der Waals surface area contributed by atoms with Crippen LogP contribution in [0.3, 0.4) is 0 Å². The molecular formula is C16H25NO. The molecule has 0 unspecified atom stereocenters. The van der Waals surface area contributed by atoms with Gasteiger partial charge in [-0.25, -0.2) is 0 Å². The highest BCUT2D eigenvalue weighted by Crippen LogP contribution is 2.45. The zero-order valence-corrected chi connectivity index (χ0v) is 12.0. The molecular weight excluding hydrogens is 222 g/mol. The van der Waals surface area contributed by atoms with Crippen LogP contribution in [0.1, 0.15) is 51.7 Å². The Morgan fingerprint density at radius 3 is 2.67 bits per heavy atom. The van der Waals surface area contributed by atoms with E-state index in [1.165, 1.54) is 24.1 Å². The number of anilines is 1. The molecule has 1 aromatic carbocycles. The molecule has 0 aliphatic carbocycles. The van der Waals surface area contributed by atoms with E-state index in [1.54, 1.807) is 0 Å². The molecule has 0 saturated carbocycles. The van der Waals surface area contributed by atoms with Gasteiger partial charge in [0.25, 0.3) is 0 Å². The number of benzene rings is 1. The summed E-state index contributed by atoms with van der Waals surface area (Å²) in [5.41, 5.74) is 3.95. The van der Waals surface area contributed by atoms with E-state index in [0.29, 0.717) is 6.04 Å². The SMILES string of the molecule is CCCCN1c2cc(CO)ccc2C(C)(C)[C@H]1C. The van der Waals surface area contributed by atoms with Crippen LogP contribution in [0.4, 0.5) is 5.69 Å². The van der Waals surface area contributed by atoms with Gasteiger partial charge in [0.05, 0.1) is 6.61 Å². The summed E-state index contributed by atoms with van der Waals surface area (Å²) in [4.78, 5) is 2.51. The van der Waals surface area contributed by atoms with Crippen molar-refractivity contribution in [3.05, 3.63) is 29.3 Å². The number of unbranched alkanes of at least 4 members (excludes halogenated alkanes) is 1. The maximum atomic E-state index is 9.31. The van der Waals surface area contributed by atoms with Gasteiger partial charge in [0, 0.05) is 23.7 Å². The van der Waals surface area contributed by atoms with Crippen LogP contribution in [0.2, 0.25) is 0 Å². The van der Waals surface area contributed by atoms with Crippen LogP contribution in [0, 0.1) is 0 Å². The smallest absolute Gasteiger partial charge is 0.0682 e. The van der Waals surface area contributed by atoms with E-state index in [-0.39, 0.29) is 12.0 Å². The highest BCUT2D eigenvalue weighted by molar-refractivity contribution is 5.65. The summed E-state index contributed by atoms with van der Waals surface area (Å²) in [7, 11) is 0. The Morgan fingerprint density at radius 1 is 1.33 bits per heavy atom. The predicted molar refractivity (Wildman–Crippen MR) is 77.1 cm³/mol. The quantitative estimate of drug-likeness (QED) is 0.880. The van der Waals surface area contributed by atoms with E-state index in [1.807, 2.05) is 0 Å². The molecule has 1 N–H and O–H groups in total. The van der Waals surface area contributed by atoms with Gasteiger partial charge in [-0.1, -0.05) is 39.3 Å².